The van der Waals surface area contributed by atoms with Crippen molar-refractivity contribution in [2.45, 2.75) is 32.4 Å². The number of aromatic hydroxyl groups is 1. The van der Waals surface area contributed by atoms with Gasteiger partial charge in [0.15, 0.2) is 0 Å². The van der Waals surface area contributed by atoms with Crippen molar-refractivity contribution in [2.24, 2.45) is 0 Å². The monoisotopic (exact) mass is 359 g/mol. The second-order valence-corrected chi connectivity index (χ2v) is 5.98. The summed E-state index contributed by atoms with van der Waals surface area (Å²) in [5, 5.41) is 9.83. The highest BCUT2D eigenvalue weighted by Gasteiger charge is 2.29. The Bertz CT molecular complexity index is 764. The number of halogens is 1. The van der Waals surface area contributed by atoms with Crippen LogP contribution in [-0.2, 0) is 16.1 Å². The van der Waals surface area contributed by atoms with Crippen molar-refractivity contribution < 1.29 is 23.8 Å². The van der Waals surface area contributed by atoms with Crippen molar-refractivity contribution in [2.75, 3.05) is 7.05 Å². The van der Waals surface area contributed by atoms with E-state index in [-0.39, 0.29) is 17.9 Å². The van der Waals surface area contributed by atoms with Gasteiger partial charge in [-0.15, -0.1) is 0 Å². The van der Waals surface area contributed by atoms with Gasteiger partial charge in [-0.1, -0.05) is 43.7 Å². The van der Waals surface area contributed by atoms with Gasteiger partial charge in [-0.3, -0.25) is 4.79 Å². The summed E-state index contributed by atoms with van der Waals surface area (Å²) >= 11 is 0. The molecule has 26 heavy (non-hydrogen) atoms. The third-order valence-electron chi connectivity index (χ3n) is 4.03. The van der Waals surface area contributed by atoms with Crippen LogP contribution in [0.3, 0.4) is 0 Å². The third-order valence-corrected chi connectivity index (χ3v) is 4.03. The highest BCUT2D eigenvalue weighted by Crippen LogP contribution is 2.21. The van der Waals surface area contributed by atoms with Crippen LogP contribution < -0.4 is 0 Å². The number of ether oxygens (including phenoxy) is 1. The minimum absolute atomic E-state index is 0.104. The molecular formula is C20H22FNO4. The summed E-state index contributed by atoms with van der Waals surface area (Å²) in [5.41, 5.74) is 0.650. The average Bonchev–Trinajstić information content (AvgIpc) is 2.65. The predicted octanol–water partition coefficient (Wildman–Crippen LogP) is 3.52. The summed E-state index contributed by atoms with van der Waals surface area (Å²) in [4.78, 5) is 26.3. The van der Waals surface area contributed by atoms with E-state index in [9.17, 15) is 19.1 Å². The Morgan fingerprint density at radius 2 is 1.88 bits per heavy atom. The molecule has 2 aromatic rings. The molecule has 1 N–H and O–H groups in total. The van der Waals surface area contributed by atoms with E-state index in [2.05, 4.69) is 0 Å². The number of hydrogen-bond donors (Lipinski definition) is 1. The first-order valence-corrected chi connectivity index (χ1v) is 8.40. The number of likely N-dealkylation sites (N-methyl/N-ethyl adjacent to an activating group) is 1. The van der Waals surface area contributed by atoms with Crippen LogP contribution >= 0.6 is 0 Å². The lowest BCUT2D eigenvalue weighted by atomic mass is 10.1. The molecule has 0 aromatic heterocycles. The van der Waals surface area contributed by atoms with Gasteiger partial charge in [0.1, 0.15) is 24.2 Å². The first-order chi connectivity index (χ1) is 12.4. The largest absolute Gasteiger partial charge is 0.507 e. The number of phenolic OH excluding ortho intramolecular Hbond substituents is 1. The summed E-state index contributed by atoms with van der Waals surface area (Å²) in [6.07, 6.45) is 1.05. The zero-order valence-electron chi connectivity index (χ0n) is 14.8. The molecule has 0 radical (unpaired) electrons. The molecule has 1 amide bonds. The molecule has 0 aliphatic rings. The van der Waals surface area contributed by atoms with Crippen LogP contribution in [0, 0.1) is 5.82 Å². The van der Waals surface area contributed by atoms with Crippen molar-refractivity contribution in [3.05, 3.63) is 65.5 Å². The second kappa shape index (κ2) is 8.99. The number of carbonyl (C=O) groups excluding carboxylic acids is 2. The van der Waals surface area contributed by atoms with Gasteiger partial charge in [-0.05, 0) is 30.2 Å². The van der Waals surface area contributed by atoms with Gasteiger partial charge in [-0.25, -0.2) is 9.18 Å². The van der Waals surface area contributed by atoms with E-state index >= 15 is 0 Å². The maximum atomic E-state index is 13.4. The smallest absolute Gasteiger partial charge is 0.329 e. The van der Waals surface area contributed by atoms with Crippen LogP contribution in [0.15, 0.2) is 48.5 Å². The van der Waals surface area contributed by atoms with E-state index < -0.39 is 23.7 Å². The van der Waals surface area contributed by atoms with Gasteiger partial charge in [0.25, 0.3) is 5.91 Å². The maximum Gasteiger partial charge on any atom is 0.329 e. The Morgan fingerprint density at radius 1 is 1.19 bits per heavy atom. The lowest BCUT2D eigenvalue weighted by molar-refractivity contribution is -0.150. The summed E-state index contributed by atoms with van der Waals surface area (Å²) in [6, 6.07) is 11.5. The van der Waals surface area contributed by atoms with Crippen LogP contribution in [0.25, 0.3) is 0 Å². The quantitative estimate of drug-likeness (QED) is 0.768. The number of benzene rings is 2. The molecule has 0 saturated heterocycles. The van der Waals surface area contributed by atoms with Crippen molar-refractivity contribution in [3.63, 3.8) is 0 Å². The topological polar surface area (TPSA) is 66.8 Å². The van der Waals surface area contributed by atoms with Gasteiger partial charge >= 0.3 is 5.97 Å². The minimum Gasteiger partial charge on any atom is -0.507 e. The van der Waals surface area contributed by atoms with Gasteiger partial charge < -0.3 is 14.7 Å². The molecule has 2 aromatic carbocycles. The third kappa shape index (κ3) is 4.81. The fourth-order valence-corrected chi connectivity index (χ4v) is 2.58. The van der Waals surface area contributed by atoms with Crippen LogP contribution in [0.5, 0.6) is 5.75 Å². The zero-order valence-corrected chi connectivity index (χ0v) is 14.8. The Labute approximate surface area is 152 Å². The van der Waals surface area contributed by atoms with Gasteiger partial charge in [0.05, 0.1) is 5.56 Å². The number of esters is 1. The number of nitrogens with zero attached hydrogens (tertiary/aromatic N) is 1. The molecule has 0 heterocycles. The predicted molar refractivity (Wildman–Crippen MR) is 95.1 cm³/mol. The van der Waals surface area contributed by atoms with Gasteiger partial charge in [-0.2, -0.15) is 0 Å². The number of phenols is 1. The average molecular weight is 359 g/mol. The fourth-order valence-electron chi connectivity index (χ4n) is 2.58. The maximum absolute atomic E-state index is 13.4. The van der Waals surface area contributed by atoms with Crippen LogP contribution in [0.1, 0.15) is 35.7 Å². The Balaban J connectivity index is 2.12. The fraction of sp³-hybridized carbons (Fsp3) is 0.300. The molecule has 138 valence electrons. The van der Waals surface area contributed by atoms with E-state index in [1.165, 1.54) is 11.9 Å². The summed E-state index contributed by atoms with van der Waals surface area (Å²) in [6.45, 7) is 1.99. The van der Waals surface area contributed by atoms with E-state index in [0.717, 1.165) is 23.8 Å². The normalized spacial score (nSPS) is 11.7. The number of hydrogen-bond acceptors (Lipinski definition) is 4. The first-order valence-electron chi connectivity index (χ1n) is 8.40. The van der Waals surface area contributed by atoms with Crippen LogP contribution in [-0.4, -0.2) is 35.0 Å². The minimum atomic E-state index is -0.820. The molecule has 0 spiro atoms. The van der Waals surface area contributed by atoms with Crippen molar-refractivity contribution in [3.8, 4) is 5.75 Å². The highest BCUT2D eigenvalue weighted by atomic mass is 19.1. The molecule has 6 heteroatoms. The van der Waals surface area contributed by atoms with Gasteiger partial charge in [0.2, 0.25) is 0 Å². The molecule has 0 saturated carbocycles. The molecule has 1 atom stereocenters. The number of carbonyl (C=O) groups is 2. The first kappa shape index (κ1) is 19.4. The second-order valence-electron chi connectivity index (χ2n) is 5.98. The Morgan fingerprint density at radius 3 is 2.54 bits per heavy atom. The lowest BCUT2D eigenvalue weighted by Gasteiger charge is -2.26. The van der Waals surface area contributed by atoms with E-state index in [4.69, 9.17) is 4.74 Å². The molecule has 5 nitrogen and oxygen atoms in total. The highest BCUT2D eigenvalue weighted by molar-refractivity contribution is 5.98. The number of rotatable bonds is 7. The molecule has 0 unspecified atom stereocenters. The molecule has 0 aliphatic carbocycles. The Kier molecular flexibility index (Phi) is 6.72. The summed E-state index contributed by atoms with van der Waals surface area (Å²) < 4.78 is 18.7. The van der Waals surface area contributed by atoms with Crippen molar-refractivity contribution >= 4 is 11.9 Å². The number of amides is 1. The molecular weight excluding hydrogens is 337 g/mol. The van der Waals surface area contributed by atoms with E-state index in [0.29, 0.717) is 12.8 Å². The Hall–Kier alpha value is -2.89. The van der Waals surface area contributed by atoms with E-state index in [1.807, 2.05) is 37.3 Å². The van der Waals surface area contributed by atoms with Crippen molar-refractivity contribution in [1.82, 2.24) is 4.90 Å². The standard InChI is InChI=1S/C20H22FNO4/c1-3-7-17(20(25)26-13-14-8-5-4-6-9-14)22(2)19(24)16-12-15(21)10-11-18(16)23/h4-6,8-12,17,23H,3,7,13H2,1-2H3/t17-/m1/s1. The summed E-state index contributed by atoms with van der Waals surface area (Å²) in [7, 11) is 1.44. The van der Waals surface area contributed by atoms with Gasteiger partial charge in [0, 0.05) is 7.05 Å². The summed E-state index contributed by atoms with van der Waals surface area (Å²) in [5.74, 6) is -2.16. The molecule has 0 aliphatic heterocycles. The lowest BCUT2D eigenvalue weighted by Crippen LogP contribution is -2.43. The van der Waals surface area contributed by atoms with E-state index in [1.54, 1.807) is 0 Å². The van der Waals surface area contributed by atoms with Crippen molar-refractivity contribution in [1.29, 1.82) is 0 Å². The molecule has 2 rings (SSSR count). The SMILES string of the molecule is CCC[C@H](C(=O)OCc1ccccc1)N(C)C(=O)c1cc(F)ccc1O. The molecule has 0 bridgehead atoms. The zero-order chi connectivity index (χ0) is 19.1. The molecule has 0 fully saturated rings. The van der Waals surface area contributed by atoms with Crippen LogP contribution in [0.2, 0.25) is 0 Å². The van der Waals surface area contributed by atoms with Crippen LogP contribution in [0.4, 0.5) is 4.39 Å².